The number of allylic oxidation sites excluding steroid dienone is 1. The molecule has 0 radical (unpaired) electrons. The number of hydrogen-bond donors (Lipinski definition) is 1. The molecule has 1 saturated heterocycles. The maximum atomic E-state index is 10.9. The summed E-state index contributed by atoms with van der Waals surface area (Å²) in [5.41, 5.74) is 1.41. The molecular formula is C20H38O3Si. The molecule has 1 fully saturated rings. The fourth-order valence-corrected chi connectivity index (χ4v) is 7.00. The van der Waals surface area contributed by atoms with Gasteiger partial charge in [-0.1, -0.05) is 46.3 Å². The monoisotopic (exact) mass is 354 g/mol. The third-order valence-corrected chi connectivity index (χ3v) is 10.8. The zero-order valence-electron chi connectivity index (χ0n) is 16.5. The van der Waals surface area contributed by atoms with E-state index in [2.05, 4.69) is 47.6 Å². The van der Waals surface area contributed by atoms with E-state index in [-0.39, 0.29) is 30.3 Å². The van der Waals surface area contributed by atoms with Crippen LogP contribution in [0.5, 0.6) is 0 Å². The molecule has 1 heterocycles. The summed E-state index contributed by atoms with van der Waals surface area (Å²) in [5.74, 6) is 0.806. The first-order valence-electron chi connectivity index (χ1n) is 10.0. The zero-order valence-corrected chi connectivity index (χ0v) is 17.5. The average molecular weight is 355 g/mol. The van der Waals surface area contributed by atoms with Crippen molar-refractivity contribution in [3.05, 3.63) is 11.6 Å². The van der Waals surface area contributed by atoms with E-state index in [0.29, 0.717) is 5.92 Å². The van der Waals surface area contributed by atoms with Gasteiger partial charge in [0, 0.05) is 5.92 Å². The second-order valence-electron chi connectivity index (χ2n) is 8.30. The van der Waals surface area contributed by atoms with Gasteiger partial charge in [0.05, 0.1) is 18.3 Å². The van der Waals surface area contributed by atoms with Gasteiger partial charge in [-0.25, -0.2) is 0 Å². The van der Waals surface area contributed by atoms with Gasteiger partial charge in [0.1, 0.15) is 6.10 Å². The zero-order chi connectivity index (χ0) is 17.9. The Labute approximate surface area is 149 Å². The summed E-state index contributed by atoms with van der Waals surface area (Å²) in [6.07, 6.45) is 5.39. The number of epoxide rings is 1. The highest BCUT2D eigenvalue weighted by Gasteiger charge is 2.49. The molecule has 0 unspecified atom stereocenters. The van der Waals surface area contributed by atoms with Gasteiger partial charge >= 0.3 is 0 Å². The molecule has 2 rings (SSSR count). The fourth-order valence-electron chi connectivity index (χ4n) is 4.18. The molecule has 5 atom stereocenters. The molecule has 0 aromatic carbocycles. The van der Waals surface area contributed by atoms with Crippen molar-refractivity contribution in [2.45, 2.75) is 103 Å². The quantitative estimate of drug-likeness (QED) is 0.363. The summed E-state index contributed by atoms with van der Waals surface area (Å²) in [6, 6.07) is 3.46. The van der Waals surface area contributed by atoms with Gasteiger partial charge in [-0.15, -0.1) is 0 Å². The van der Waals surface area contributed by atoms with E-state index in [4.69, 9.17) is 9.16 Å². The van der Waals surface area contributed by atoms with E-state index >= 15 is 0 Å². The van der Waals surface area contributed by atoms with E-state index in [1.807, 2.05) is 0 Å². The lowest BCUT2D eigenvalue weighted by Crippen LogP contribution is -2.46. The SMILES string of the molecule is CC[Si](CC)(CC)O[C@@H]1C=C(C)CC[C@@H]1[C@@H](O)[C@H]1O[C@@H]1CC(C)C. The van der Waals surface area contributed by atoms with Crippen molar-refractivity contribution in [2.24, 2.45) is 11.8 Å². The molecule has 0 spiro atoms. The minimum absolute atomic E-state index is 0.0243. The van der Waals surface area contributed by atoms with Crippen LogP contribution in [0.1, 0.15) is 60.8 Å². The van der Waals surface area contributed by atoms with Crippen molar-refractivity contribution in [1.29, 1.82) is 0 Å². The summed E-state index contributed by atoms with van der Waals surface area (Å²) in [5, 5.41) is 10.9. The average Bonchev–Trinajstić information content (AvgIpc) is 3.30. The summed E-state index contributed by atoms with van der Waals surface area (Å²) in [7, 11) is -1.68. The molecule has 4 heteroatoms. The Morgan fingerprint density at radius 2 is 1.88 bits per heavy atom. The third-order valence-electron chi connectivity index (χ3n) is 6.16. The lowest BCUT2D eigenvalue weighted by molar-refractivity contribution is 0.0152. The lowest BCUT2D eigenvalue weighted by atomic mass is 9.82. The van der Waals surface area contributed by atoms with Gasteiger partial charge in [-0.2, -0.15) is 0 Å². The van der Waals surface area contributed by atoms with Crippen molar-refractivity contribution in [2.75, 3.05) is 0 Å². The first-order valence-corrected chi connectivity index (χ1v) is 12.6. The van der Waals surface area contributed by atoms with Crippen molar-refractivity contribution in [1.82, 2.24) is 0 Å². The van der Waals surface area contributed by atoms with Gasteiger partial charge in [0.15, 0.2) is 8.32 Å². The number of ether oxygens (including phenoxy) is 1. The van der Waals surface area contributed by atoms with Crippen LogP contribution < -0.4 is 0 Å². The van der Waals surface area contributed by atoms with Crippen LogP contribution >= 0.6 is 0 Å². The number of hydrogen-bond acceptors (Lipinski definition) is 3. The summed E-state index contributed by atoms with van der Waals surface area (Å²) in [6.45, 7) is 13.4. The highest BCUT2D eigenvalue weighted by Crippen LogP contribution is 2.40. The third kappa shape index (κ3) is 4.72. The van der Waals surface area contributed by atoms with Gasteiger partial charge in [-0.3, -0.25) is 0 Å². The molecule has 24 heavy (non-hydrogen) atoms. The lowest BCUT2D eigenvalue weighted by Gasteiger charge is -2.39. The smallest absolute Gasteiger partial charge is 0.192 e. The predicted octanol–water partition coefficient (Wildman–Crippen LogP) is 4.91. The molecule has 140 valence electrons. The van der Waals surface area contributed by atoms with Crippen molar-refractivity contribution >= 4 is 8.32 Å². The Hall–Kier alpha value is -0.163. The molecule has 0 aromatic rings. The first-order chi connectivity index (χ1) is 11.4. The van der Waals surface area contributed by atoms with Crippen LogP contribution in [0, 0.1) is 11.8 Å². The molecule has 1 N–H and O–H groups in total. The van der Waals surface area contributed by atoms with Crippen LogP contribution in [0.4, 0.5) is 0 Å². The normalized spacial score (nSPS) is 31.9. The first kappa shape index (κ1) is 20.2. The molecule has 2 aliphatic rings. The Morgan fingerprint density at radius 3 is 2.42 bits per heavy atom. The molecule has 1 aliphatic carbocycles. The second-order valence-corrected chi connectivity index (χ2v) is 13.0. The maximum Gasteiger partial charge on any atom is 0.192 e. The van der Waals surface area contributed by atoms with Gasteiger partial charge < -0.3 is 14.3 Å². The molecule has 0 aromatic heterocycles. The van der Waals surface area contributed by atoms with E-state index in [9.17, 15) is 5.11 Å². The van der Waals surface area contributed by atoms with Crippen LogP contribution in [-0.4, -0.2) is 37.8 Å². The molecule has 1 aliphatic heterocycles. The van der Waals surface area contributed by atoms with E-state index < -0.39 is 8.32 Å². The van der Waals surface area contributed by atoms with Crippen LogP contribution in [-0.2, 0) is 9.16 Å². The fraction of sp³-hybridized carbons (Fsp3) is 0.900. The van der Waals surface area contributed by atoms with Crippen LogP contribution in [0.15, 0.2) is 11.6 Å². The van der Waals surface area contributed by atoms with Crippen LogP contribution in [0.2, 0.25) is 18.1 Å². The van der Waals surface area contributed by atoms with Crippen LogP contribution in [0.3, 0.4) is 0 Å². The number of aliphatic hydroxyl groups is 1. The Morgan fingerprint density at radius 1 is 1.25 bits per heavy atom. The number of rotatable bonds is 9. The molecule has 0 saturated carbocycles. The van der Waals surface area contributed by atoms with Gasteiger partial charge in [-0.05, 0) is 50.2 Å². The summed E-state index contributed by atoms with van der Waals surface area (Å²) >= 11 is 0. The van der Waals surface area contributed by atoms with Crippen molar-refractivity contribution < 1.29 is 14.3 Å². The van der Waals surface area contributed by atoms with Crippen molar-refractivity contribution in [3.63, 3.8) is 0 Å². The highest BCUT2D eigenvalue weighted by atomic mass is 28.4. The molecule has 3 nitrogen and oxygen atoms in total. The molecule has 0 bridgehead atoms. The summed E-state index contributed by atoms with van der Waals surface area (Å²) in [4.78, 5) is 0. The highest BCUT2D eigenvalue weighted by molar-refractivity contribution is 6.73. The molecule has 0 amide bonds. The van der Waals surface area contributed by atoms with Crippen LogP contribution in [0.25, 0.3) is 0 Å². The van der Waals surface area contributed by atoms with E-state index in [1.165, 1.54) is 5.57 Å². The Kier molecular flexibility index (Phi) is 7.12. The number of aliphatic hydroxyl groups excluding tert-OH is 1. The van der Waals surface area contributed by atoms with E-state index in [1.54, 1.807) is 0 Å². The Bertz CT molecular complexity index is 422. The van der Waals surface area contributed by atoms with Gasteiger partial charge in [0.2, 0.25) is 0 Å². The molecular weight excluding hydrogens is 316 g/mol. The topological polar surface area (TPSA) is 42.0 Å². The predicted molar refractivity (Wildman–Crippen MR) is 103 cm³/mol. The Balaban J connectivity index is 2.07. The maximum absolute atomic E-state index is 10.9. The van der Waals surface area contributed by atoms with E-state index in [0.717, 1.165) is 37.4 Å². The minimum atomic E-state index is -1.68. The van der Waals surface area contributed by atoms with Gasteiger partial charge in [0.25, 0.3) is 0 Å². The second kappa shape index (κ2) is 8.48. The summed E-state index contributed by atoms with van der Waals surface area (Å²) < 4.78 is 12.6. The van der Waals surface area contributed by atoms with Crippen molar-refractivity contribution in [3.8, 4) is 0 Å². The standard InChI is InChI=1S/C20H38O3Si/c1-7-24(8-2,9-3)23-17-13-15(6)10-11-16(17)19(21)20-18(22-20)12-14(4)5/h13-14,16-21H,7-12H2,1-6H3/t16-,17+,18+,19+,20-/m0/s1. The largest absolute Gasteiger partial charge is 0.410 e. The minimum Gasteiger partial charge on any atom is -0.410 e.